The summed E-state index contributed by atoms with van der Waals surface area (Å²) in [6.45, 7) is 0. The Labute approximate surface area is 126 Å². The van der Waals surface area contributed by atoms with E-state index in [0.717, 1.165) is 0 Å². The van der Waals surface area contributed by atoms with Crippen molar-refractivity contribution in [3.63, 3.8) is 0 Å². The van der Waals surface area contributed by atoms with Crippen molar-refractivity contribution in [2.45, 2.75) is 0 Å². The van der Waals surface area contributed by atoms with Gasteiger partial charge >= 0.3 is 25.2 Å². The summed E-state index contributed by atoms with van der Waals surface area (Å²) < 4.78 is 0. The monoisotopic (exact) mass is 333 g/mol. The Bertz CT molecular complexity index is 344. The second-order valence-electron chi connectivity index (χ2n) is 2.67. The molecule has 0 atom stereocenters. The van der Waals surface area contributed by atoms with E-state index < -0.39 is 0 Å². The number of anilines is 1. The Morgan fingerprint density at radius 2 is 1.69 bits per heavy atom. The largest absolute Gasteiger partial charge is 2.00 e. The van der Waals surface area contributed by atoms with Gasteiger partial charge < -0.3 is 47.2 Å². The van der Waals surface area contributed by atoms with Gasteiger partial charge in [-0.15, -0.1) is 0 Å². The molecule has 0 bridgehead atoms. The quantitative estimate of drug-likeness (QED) is 0.410. The van der Waals surface area contributed by atoms with Gasteiger partial charge in [-0.1, -0.05) is 0 Å². The molecule has 0 unspecified atom stereocenters. The smallest absolute Gasteiger partial charge is 1.00 e. The Balaban J connectivity index is -0.000000180. The van der Waals surface area contributed by atoms with Crippen LogP contribution in [0.5, 0.6) is 5.75 Å². The van der Waals surface area contributed by atoms with Crippen LogP contribution in [0.4, 0.5) is 11.4 Å². The van der Waals surface area contributed by atoms with Gasteiger partial charge in [0, 0.05) is 26.2 Å². The van der Waals surface area contributed by atoms with Crippen LogP contribution in [-0.4, -0.2) is 19.2 Å². The van der Waals surface area contributed by atoms with Crippen LogP contribution < -0.4 is 42.1 Å². The molecule has 0 aliphatic carbocycles. The van der Waals surface area contributed by atoms with Crippen LogP contribution >= 0.6 is 0 Å². The fraction of sp³-hybridized carbons (Fsp3) is 0.250. The van der Waals surface area contributed by atoms with Crippen molar-refractivity contribution >= 4 is 11.4 Å². The van der Waals surface area contributed by atoms with E-state index in [9.17, 15) is 0 Å². The maximum Gasteiger partial charge on any atom is 2.00 e. The summed E-state index contributed by atoms with van der Waals surface area (Å²) in [6, 6.07) is 4.56. The number of halogens is 3. The fourth-order valence-electron chi connectivity index (χ4n) is 0.955. The molecule has 0 radical (unpaired) electrons. The van der Waals surface area contributed by atoms with Crippen molar-refractivity contribution in [1.29, 1.82) is 5.39 Å². The van der Waals surface area contributed by atoms with Crippen LogP contribution in [0, 0.1) is 5.39 Å². The predicted octanol–water partition coefficient (Wildman–Crippen LogP) is -7.05. The van der Waals surface area contributed by atoms with Crippen molar-refractivity contribution in [3.05, 3.63) is 23.2 Å². The molecule has 0 amide bonds. The van der Waals surface area contributed by atoms with Gasteiger partial charge in [0.05, 0.1) is 0 Å². The summed E-state index contributed by atoms with van der Waals surface area (Å²) in [5, 5.41) is 17.7. The van der Waals surface area contributed by atoms with E-state index in [1.807, 2.05) is 14.1 Å². The molecule has 1 N–H and O–H groups in total. The van der Waals surface area contributed by atoms with Gasteiger partial charge in [-0.2, -0.15) is 0 Å². The van der Waals surface area contributed by atoms with Crippen LogP contribution in [0.3, 0.4) is 0 Å². The second-order valence-corrected chi connectivity index (χ2v) is 2.67. The third-order valence-electron chi connectivity index (χ3n) is 1.55. The fourth-order valence-corrected chi connectivity index (χ4v) is 0.955. The zero-order chi connectivity index (χ0) is 9.14. The van der Waals surface area contributed by atoms with Crippen LogP contribution in [0.15, 0.2) is 18.2 Å². The van der Waals surface area contributed by atoms with Crippen LogP contribution in [0.2, 0.25) is 0 Å². The van der Waals surface area contributed by atoms with E-state index in [1.54, 1.807) is 11.0 Å². The molecule has 8 heteroatoms. The number of phenols is 1. The molecule has 86 valence electrons. The van der Waals surface area contributed by atoms with Crippen molar-refractivity contribution < 1.29 is 61.8 Å². The molecule has 0 heterocycles. The van der Waals surface area contributed by atoms with Crippen molar-refractivity contribution in [2.24, 2.45) is 0 Å². The summed E-state index contributed by atoms with van der Waals surface area (Å²) >= 11 is 0. The number of diazo groups is 1. The Morgan fingerprint density at radius 1 is 1.19 bits per heavy atom. The van der Waals surface area contributed by atoms with Gasteiger partial charge in [-0.25, -0.2) is 0 Å². The zero-order valence-electron chi connectivity index (χ0n) is 8.86. The third kappa shape index (κ3) is 6.35. The number of phenolic OH excluding ortho intramolecular Hbond substituents is 1. The van der Waals surface area contributed by atoms with E-state index in [-0.39, 0.29) is 62.4 Å². The average molecular weight is 336 g/mol. The van der Waals surface area contributed by atoms with E-state index >= 15 is 0 Å². The third-order valence-corrected chi connectivity index (χ3v) is 1.55. The van der Waals surface area contributed by atoms with Crippen LogP contribution in [0.25, 0.3) is 4.98 Å². The van der Waals surface area contributed by atoms with Crippen molar-refractivity contribution in [1.82, 2.24) is 0 Å². The molecule has 0 saturated heterocycles. The first-order chi connectivity index (χ1) is 5.65. The molecule has 4 nitrogen and oxygen atoms in total. The minimum Gasteiger partial charge on any atom is -1.00 e. The molecular weight excluding hydrogens is 326 g/mol. The van der Waals surface area contributed by atoms with Gasteiger partial charge in [0.2, 0.25) is 5.39 Å². The van der Waals surface area contributed by atoms with Gasteiger partial charge in [0.15, 0.2) is 4.98 Å². The van der Waals surface area contributed by atoms with E-state index in [1.165, 1.54) is 12.1 Å². The Hall–Kier alpha value is -0.267. The van der Waals surface area contributed by atoms with E-state index in [0.29, 0.717) is 11.4 Å². The molecular formula is C8H10Cl3N3OZn. The van der Waals surface area contributed by atoms with Crippen molar-refractivity contribution in [3.8, 4) is 5.75 Å². The molecule has 1 aromatic rings. The molecule has 0 aromatic heterocycles. The molecule has 0 fully saturated rings. The van der Waals surface area contributed by atoms with Gasteiger partial charge in [0.1, 0.15) is 11.4 Å². The van der Waals surface area contributed by atoms with Crippen molar-refractivity contribution in [2.75, 3.05) is 19.0 Å². The first kappa shape index (κ1) is 24.8. The van der Waals surface area contributed by atoms with Gasteiger partial charge in [0.25, 0.3) is 0 Å². The normalized spacial score (nSPS) is 6.81. The summed E-state index contributed by atoms with van der Waals surface area (Å²) in [6.07, 6.45) is 0. The topological polar surface area (TPSA) is 51.6 Å². The molecule has 0 aliphatic rings. The minimum atomic E-state index is 0. The van der Waals surface area contributed by atoms with Crippen LogP contribution in [0.1, 0.15) is 0 Å². The number of rotatable bonds is 1. The zero-order valence-corrected chi connectivity index (χ0v) is 14.1. The predicted molar refractivity (Wildman–Crippen MR) is 47.2 cm³/mol. The standard InChI is InChI=1S/C8H9N3O.3ClH.Zn/c1-11(2)8-5-6(12)3-4-7(8)10-9;;;;/h3-5H,1-2H3;3*1H;/q;;;;+2/p-2. The summed E-state index contributed by atoms with van der Waals surface area (Å²) in [4.78, 5) is 4.84. The molecule has 0 aliphatic heterocycles. The number of benzene rings is 1. The number of aromatic hydroxyl groups is 1. The number of nitrogens with zero attached hydrogens (tertiary/aromatic N) is 3. The molecule has 1 rings (SSSR count). The molecule has 0 spiro atoms. The first-order valence-corrected chi connectivity index (χ1v) is 3.50. The summed E-state index contributed by atoms with van der Waals surface area (Å²) in [5.74, 6) is 0.158. The molecule has 0 saturated carbocycles. The van der Waals surface area contributed by atoms with Gasteiger partial charge in [-0.05, 0) is 6.07 Å². The van der Waals surface area contributed by atoms with E-state index in [2.05, 4.69) is 4.98 Å². The average Bonchev–Trinajstić information content (AvgIpc) is 2.04. The first-order valence-electron chi connectivity index (χ1n) is 3.50. The molecule has 16 heavy (non-hydrogen) atoms. The van der Waals surface area contributed by atoms with Crippen LogP contribution in [-0.2, 0) is 19.5 Å². The maximum absolute atomic E-state index is 9.13. The number of hydrogen-bond donors (Lipinski definition) is 1. The Morgan fingerprint density at radius 3 is 2.06 bits per heavy atom. The SMILES string of the molecule is CN(C)c1cc(O)ccc1[N+]#N.[Cl-].[Cl-].[Cl-].[Zn+2]. The molecule has 1 aromatic carbocycles. The minimum absolute atomic E-state index is 0. The maximum atomic E-state index is 9.13. The Kier molecular flexibility index (Phi) is 17.4. The van der Waals surface area contributed by atoms with Gasteiger partial charge in [-0.3, -0.25) is 0 Å². The second kappa shape index (κ2) is 11.2. The van der Waals surface area contributed by atoms with E-state index in [4.69, 9.17) is 10.5 Å². The summed E-state index contributed by atoms with van der Waals surface area (Å²) in [5.41, 5.74) is 1.12. The number of hydrogen-bond acceptors (Lipinski definition) is 3. The summed E-state index contributed by atoms with van der Waals surface area (Å²) in [7, 11) is 3.62.